The fraction of sp³-hybridized carbons (Fsp3) is 0.357. The van der Waals surface area contributed by atoms with Gasteiger partial charge in [-0.15, -0.1) is 0 Å². The molecule has 1 aliphatic rings. The van der Waals surface area contributed by atoms with Gasteiger partial charge in [0, 0.05) is 49.2 Å². The standard InChI is InChI=1S/C14H16BrN5/c15-12-3-4-13(18-11-12)19-7-2-8-20(10-9-19)14-16-5-1-6-17-14/h1,3-6,11H,2,7-10H2. The first kappa shape index (κ1) is 13.3. The molecule has 0 amide bonds. The second-order valence-electron chi connectivity index (χ2n) is 4.71. The van der Waals surface area contributed by atoms with Crippen LogP contribution in [0.1, 0.15) is 6.42 Å². The van der Waals surface area contributed by atoms with Gasteiger partial charge in [-0.3, -0.25) is 0 Å². The Labute approximate surface area is 126 Å². The molecular formula is C14H16BrN5. The van der Waals surface area contributed by atoms with Crippen molar-refractivity contribution in [3.05, 3.63) is 41.3 Å². The zero-order chi connectivity index (χ0) is 13.8. The molecule has 0 spiro atoms. The summed E-state index contributed by atoms with van der Waals surface area (Å²) in [5.41, 5.74) is 0. The van der Waals surface area contributed by atoms with E-state index in [4.69, 9.17) is 0 Å². The number of aromatic nitrogens is 3. The molecule has 0 atom stereocenters. The highest BCUT2D eigenvalue weighted by Gasteiger charge is 2.17. The van der Waals surface area contributed by atoms with Crippen molar-refractivity contribution >= 4 is 27.7 Å². The molecule has 2 aromatic rings. The topological polar surface area (TPSA) is 45.2 Å². The van der Waals surface area contributed by atoms with Crippen LogP contribution in [0.3, 0.4) is 0 Å². The second-order valence-corrected chi connectivity index (χ2v) is 5.63. The van der Waals surface area contributed by atoms with Gasteiger partial charge in [0.15, 0.2) is 0 Å². The summed E-state index contributed by atoms with van der Waals surface area (Å²) in [6, 6.07) is 5.93. The highest BCUT2D eigenvalue weighted by Crippen LogP contribution is 2.17. The zero-order valence-electron chi connectivity index (χ0n) is 11.1. The van der Waals surface area contributed by atoms with Crippen molar-refractivity contribution in [1.29, 1.82) is 0 Å². The van der Waals surface area contributed by atoms with E-state index in [9.17, 15) is 0 Å². The summed E-state index contributed by atoms with van der Waals surface area (Å²) in [5, 5.41) is 0. The van der Waals surface area contributed by atoms with Crippen molar-refractivity contribution in [1.82, 2.24) is 15.0 Å². The number of hydrogen-bond acceptors (Lipinski definition) is 5. The molecule has 5 nitrogen and oxygen atoms in total. The maximum atomic E-state index is 4.47. The van der Waals surface area contributed by atoms with E-state index < -0.39 is 0 Å². The summed E-state index contributed by atoms with van der Waals surface area (Å²) in [6.07, 6.45) is 6.51. The van der Waals surface area contributed by atoms with Crippen LogP contribution in [-0.2, 0) is 0 Å². The van der Waals surface area contributed by atoms with E-state index in [1.54, 1.807) is 12.4 Å². The lowest BCUT2D eigenvalue weighted by molar-refractivity contribution is 0.781. The van der Waals surface area contributed by atoms with E-state index in [2.05, 4.69) is 46.7 Å². The molecule has 3 rings (SSSR count). The van der Waals surface area contributed by atoms with Gasteiger partial charge < -0.3 is 9.80 Å². The molecule has 2 aromatic heterocycles. The van der Waals surface area contributed by atoms with Crippen molar-refractivity contribution in [2.45, 2.75) is 6.42 Å². The molecule has 1 saturated heterocycles. The van der Waals surface area contributed by atoms with E-state index >= 15 is 0 Å². The first-order valence-electron chi connectivity index (χ1n) is 6.71. The number of rotatable bonds is 2. The van der Waals surface area contributed by atoms with Crippen LogP contribution in [-0.4, -0.2) is 41.1 Å². The van der Waals surface area contributed by atoms with Crippen molar-refractivity contribution < 1.29 is 0 Å². The quantitative estimate of drug-likeness (QED) is 0.844. The van der Waals surface area contributed by atoms with Gasteiger partial charge >= 0.3 is 0 Å². The van der Waals surface area contributed by atoms with Gasteiger partial charge in [0.05, 0.1) is 0 Å². The summed E-state index contributed by atoms with van der Waals surface area (Å²) < 4.78 is 1.01. The Morgan fingerprint density at radius 3 is 2.40 bits per heavy atom. The SMILES string of the molecule is Brc1ccc(N2CCCN(c3ncccn3)CC2)nc1. The number of pyridine rings is 1. The molecule has 0 bridgehead atoms. The minimum absolute atomic E-state index is 0.818. The van der Waals surface area contributed by atoms with Gasteiger partial charge in [-0.05, 0) is 40.5 Å². The van der Waals surface area contributed by atoms with Crippen molar-refractivity contribution in [2.75, 3.05) is 36.0 Å². The molecule has 1 aliphatic heterocycles. The van der Waals surface area contributed by atoms with Crippen LogP contribution in [0.15, 0.2) is 41.3 Å². The summed E-state index contributed by atoms with van der Waals surface area (Å²) in [5.74, 6) is 1.85. The van der Waals surface area contributed by atoms with E-state index in [1.807, 2.05) is 18.3 Å². The van der Waals surface area contributed by atoms with Crippen molar-refractivity contribution in [3.8, 4) is 0 Å². The lowest BCUT2D eigenvalue weighted by atomic mass is 10.3. The van der Waals surface area contributed by atoms with Crippen LogP contribution in [0.2, 0.25) is 0 Å². The van der Waals surface area contributed by atoms with Crippen LogP contribution >= 0.6 is 15.9 Å². The van der Waals surface area contributed by atoms with Gasteiger partial charge in [0.25, 0.3) is 0 Å². The Balaban J connectivity index is 1.69. The third kappa shape index (κ3) is 3.07. The van der Waals surface area contributed by atoms with E-state index in [-0.39, 0.29) is 0 Å². The average molecular weight is 334 g/mol. The molecule has 0 N–H and O–H groups in total. The van der Waals surface area contributed by atoms with E-state index in [0.717, 1.165) is 48.8 Å². The second kappa shape index (κ2) is 6.17. The van der Waals surface area contributed by atoms with Crippen LogP contribution < -0.4 is 9.80 Å². The smallest absolute Gasteiger partial charge is 0.225 e. The van der Waals surface area contributed by atoms with Crippen molar-refractivity contribution in [2.24, 2.45) is 0 Å². The van der Waals surface area contributed by atoms with Gasteiger partial charge in [-0.25, -0.2) is 15.0 Å². The van der Waals surface area contributed by atoms with Crippen LogP contribution in [0.4, 0.5) is 11.8 Å². The molecule has 6 heteroatoms. The number of hydrogen-bond donors (Lipinski definition) is 0. The van der Waals surface area contributed by atoms with Crippen LogP contribution in [0, 0.1) is 0 Å². The van der Waals surface area contributed by atoms with E-state index in [1.165, 1.54) is 0 Å². The fourth-order valence-corrected chi connectivity index (χ4v) is 2.59. The van der Waals surface area contributed by atoms with E-state index in [0.29, 0.717) is 0 Å². The predicted octanol–water partition coefficient (Wildman–Crippen LogP) is 2.35. The third-order valence-corrected chi connectivity index (χ3v) is 3.84. The Hall–Kier alpha value is -1.69. The Kier molecular flexibility index (Phi) is 4.11. The lowest BCUT2D eigenvalue weighted by Crippen LogP contribution is -2.31. The predicted molar refractivity (Wildman–Crippen MR) is 83.0 cm³/mol. The summed E-state index contributed by atoms with van der Waals surface area (Å²) in [6.45, 7) is 3.85. The maximum Gasteiger partial charge on any atom is 0.225 e. The molecule has 0 radical (unpaired) electrons. The first-order chi connectivity index (χ1) is 9.83. The molecule has 3 heterocycles. The molecule has 20 heavy (non-hydrogen) atoms. The normalized spacial score (nSPS) is 16.1. The minimum atomic E-state index is 0.818. The molecule has 1 fully saturated rings. The molecule has 0 aromatic carbocycles. The van der Waals surface area contributed by atoms with Gasteiger partial charge in [0.1, 0.15) is 5.82 Å². The Bertz CT molecular complexity index is 545. The minimum Gasteiger partial charge on any atom is -0.355 e. The van der Waals surface area contributed by atoms with Crippen molar-refractivity contribution in [3.63, 3.8) is 0 Å². The summed E-state index contributed by atoms with van der Waals surface area (Å²) >= 11 is 3.42. The Morgan fingerprint density at radius 2 is 1.65 bits per heavy atom. The average Bonchev–Trinajstić information content (AvgIpc) is 2.75. The molecule has 0 saturated carbocycles. The number of nitrogens with zero attached hydrogens (tertiary/aromatic N) is 5. The van der Waals surface area contributed by atoms with Crippen LogP contribution in [0.5, 0.6) is 0 Å². The Morgan fingerprint density at radius 1 is 0.900 bits per heavy atom. The van der Waals surface area contributed by atoms with Gasteiger partial charge in [0.2, 0.25) is 5.95 Å². The molecule has 0 unspecified atom stereocenters. The first-order valence-corrected chi connectivity index (χ1v) is 7.51. The zero-order valence-corrected chi connectivity index (χ0v) is 12.7. The summed E-state index contributed by atoms with van der Waals surface area (Å²) in [4.78, 5) is 17.7. The monoisotopic (exact) mass is 333 g/mol. The molecule has 0 aliphatic carbocycles. The molecular weight excluding hydrogens is 318 g/mol. The highest BCUT2D eigenvalue weighted by molar-refractivity contribution is 9.10. The fourth-order valence-electron chi connectivity index (χ4n) is 2.36. The lowest BCUT2D eigenvalue weighted by Gasteiger charge is -2.22. The molecule has 104 valence electrons. The largest absolute Gasteiger partial charge is 0.355 e. The summed E-state index contributed by atoms with van der Waals surface area (Å²) in [7, 11) is 0. The highest BCUT2D eigenvalue weighted by atomic mass is 79.9. The number of anilines is 2. The maximum absolute atomic E-state index is 4.47. The van der Waals surface area contributed by atoms with Crippen LogP contribution in [0.25, 0.3) is 0 Å². The third-order valence-electron chi connectivity index (χ3n) is 3.37. The van der Waals surface area contributed by atoms with Gasteiger partial charge in [-0.1, -0.05) is 0 Å². The van der Waals surface area contributed by atoms with Gasteiger partial charge in [-0.2, -0.15) is 0 Å². The number of halogens is 1.